The van der Waals surface area contributed by atoms with E-state index in [1.807, 2.05) is 0 Å². The van der Waals surface area contributed by atoms with Crippen LogP contribution in [-0.2, 0) is 9.47 Å². The smallest absolute Gasteiger partial charge is 0.0900 e. The van der Waals surface area contributed by atoms with Gasteiger partial charge in [-0.3, -0.25) is 4.90 Å². The molecule has 1 aliphatic heterocycles. The summed E-state index contributed by atoms with van der Waals surface area (Å²) in [6.45, 7) is 10.1. The van der Waals surface area contributed by atoms with Crippen molar-refractivity contribution in [2.45, 2.75) is 57.2 Å². The van der Waals surface area contributed by atoms with Gasteiger partial charge >= 0.3 is 0 Å². The summed E-state index contributed by atoms with van der Waals surface area (Å²) in [4.78, 5) is 4.81. The summed E-state index contributed by atoms with van der Waals surface area (Å²) in [6, 6.07) is 0. The third-order valence-corrected chi connectivity index (χ3v) is 7.31. The molecule has 0 aromatic rings. The summed E-state index contributed by atoms with van der Waals surface area (Å²) in [7, 11) is 0. The number of aliphatic hydroxyl groups is 1. The molecule has 4 saturated carbocycles. The zero-order valence-corrected chi connectivity index (χ0v) is 16.6. The van der Waals surface area contributed by atoms with E-state index in [0.29, 0.717) is 19.8 Å². The molecule has 1 atom stereocenters. The Morgan fingerprint density at radius 3 is 2.08 bits per heavy atom. The van der Waals surface area contributed by atoms with Crippen molar-refractivity contribution in [1.29, 1.82) is 0 Å². The van der Waals surface area contributed by atoms with Crippen LogP contribution in [0.4, 0.5) is 0 Å². The highest BCUT2D eigenvalue weighted by atomic mass is 16.5. The minimum atomic E-state index is -0.386. The van der Waals surface area contributed by atoms with Crippen LogP contribution in [-0.4, -0.2) is 85.7 Å². The van der Waals surface area contributed by atoms with Crippen molar-refractivity contribution < 1.29 is 14.6 Å². The van der Waals surface area contributed by atoms with E-state index < -0.39 is 0 Å². The van der Waals surface area contributed by atoms with Gasteiger partial charge in [0.25, 0.3) is 0 Å². The highest BCUT2D eigenvalue weighted by Gasteiger charge is 2.51. The minimum Gasteiger partial charge on any atom is -0.389 e. The van der Waals surface area contributed by atoms with Crippen molar-refractivity contribution in [2.24, 2.45) is 17.8 Å². The number of hydrogen-bond acceptors (Lipinski definition) is 5. The zero-order chi connectivity index (χ0) is 18.0. The molecule has 4 aliphatic carbocycles. The number of β-amino-alcohol motifs (C(OH)–C–C–N with tert-alkyl or cyclic N) is 1. The van der Waals surface area contributed by atoms with Gasteiger partial charge in [0, 0.05) is 32.7 Å². The summed E-state index contributed by atoms with van der Waals surface area (Å²) < 4.78 is 12.1. The van der Waals surface area contributed by atoms with Crippen molar-refractivity contribution >= 4 is 0 Å². The highest BCUT2D eigenvalue weighted by molar-refractivity contribution is 5.03. The second-order valence-electron chi connectivity index (χ2n) is 9.41. The lowest BCUT2D eigenvalue weighted by atomic mass is 9.54. The monoisotopic (exact) mass is 366 g/mol. The Labute approximate surface area is 159 Å². The van der Waals surface area contributed by atoms with Crippen LogP contribution < -0.4 is 0 Å². The molecule has 150 valence electrons. The van der Waals surface area contributed by atoms with E-state index in [-0.39, 0.29) is 11.7 Å². The Kier molecular flexibility index (Phi) is 6.21. The Balaban J connectivity index is 1.09. The molecule has 5 nitrogen and oxygen atoms in total. The molecular formula is C21H38N2O3. The van der Waals surface area contributed by atoms with Crippen LogP contribution >= 0.6 is 0 Å². The average Bonchev–Trinajstić information content (AvgIpc) is 2.61. The molecule has 5 rings (SSSR count). The summed E-state index contributed by atoms with van der Waals surface area (Å²) in [5.41, 5.74) is 0.176. The molecule has 0 unspecified atom stereocenters. The number of likely N-dealkylation sites (N-methyl/N-ethyl adjacent to an activating group) is 1. The van der Waals surface area contributed by atoms with Gasteiger partial charge in [-0.1, -0.05) is 6.92 Å². The fraction of sp³-hybridized carbons (Fsp3) is 1.00. The highest BCUT2D eigenvalue weighted by Crippen LogP contribution is 2.57. The van der Waals surface area contributed by atoms with Gasteiger partial charge in [0.2, 0.25) is 0 Å². The third-order valence-electron chi connectivity index (χ3n) is 7.31. The van der Waals surface area contributed by atoms with Crippen LogP contribution in [0.5, 0.6) is 0 Å². The quantitative estimate of drug-likeness (QED) is 0.632. The Morgan fingerprint density at radius 1 is 0.923 bits per heavy atom. The van der Waals surface area contributed by atoms with Crippen LogP contribution in [0.15, 0.2) is 0 Å². The van der Waals surface area contributed by atoms with Crippen molar-refractivity contribution in [3.05, 3.63) is 0 Å². The first-order chi connectivity index (χ1) is 12.6. The molecule has 4 bridgehead atoms. The maximum absolute atomic E-state index is 10.2. The van der Waals surface area contributed by atoms with Gasteiger partial charge in [-0.25, -0.2) is 0 Å². The lowest BCUT2D eigenvalue weighted by molar-refractivity contribution is -0.170. The maximum atomic E-state index is 10.2. The fourth-order valence-electron chi connectivity index (χ4n) is 6.38. The number of aliphatic hydroxyl groups excluding tert-OH is 1. The Morgan fingerprint density at radius 2 is 1.50 bits per heavy atom. The van der Waals surface area contributed by atoms with Crippen molar-refractivity contribution in [1.82, 2.24) is 9.80 Å². The van der Waals surface area contributed by atoms with E-state index in [4.69, 9.17) is 9.47 Å². The lowest BCUT2D eigenvalue weighted by Gasteiger charge is -2.56. The first-order valence-corrected chi connectivity index (χ1v) is 11.0. The van der Waals surface area contributed by atoms with Gasteiger partial charge in [-0.05, 0) is 62.8 Å². The normalized spacial score (nSPS) is 38.8. The summed E-state index contributed by atoms with van der Waals surface area (Å²) >= 11 is 0. The summed E-state index contributed by atoms with van der Waals surface area (Å²) in [5, 5.41) is 10.2. The zero-order valence-electron chi connectivity index (χ0n) is 16.6. The minimum absolute atomic E-state index is 0.176. The molecule has 5 fully saturated rings. The van der Waals surface area contributed by atoms with E-state index >= 15 is 0 Å². The second-order valence-corrected chi connectivity index (χ2v) is 9.41. The van der Waals surface area contributed by atoms with Crippen LogP contribution in [0.3, 0.4) is 0 Å². The van der Waals surface area contributed by atoms with Crippen molar-refractivity contribution in [3.8, 4) is 0 Å². The van der Waals surface area contributed by atoms with Crippen LogP contribution in [0.1, 0.15) is 45.4 Å². The molecule has 0 aromatic carbocycles. The number of ether oxygens (including phenoxy) is 2. The van der Waals surface area contributed by atoms with E-state index in [0.717, 1.165) is 57.0 Å². The number of piperazine rings is 1. The van der Waals surface area contributed by atoms with Gasteiger partial charge in [-0.15, -0.1) is 0 Å². The molecule has 0 spiro atoms. The fourth-order valence-corrected chi connectivity index (χ4v) is 6.38. The van der Waals surface area contributed by atoms with Crippen LogP contribution in [0, 0.1) is 17.8 Å². The molecule has 1 N–H and O–H groups in total. The first-order valence-electron chi connectivity index (χ1n) is 11.0. The van der Waals surface area contributed by atoms with Gasteiger partial charge in [0.05, 0.1) is 31.5 Å². The molecule has 5 heteroatoms. The Bertz CT molecular complexity index is 415. The standard InChI is InChI=1S/C21H38N2O3/c1-2-22-3-5-23(6-4-22)15-20(24)16-25-7-8-26-21-12-17-9-18(13-21)11-19(10-17)14-21/h17-20,24H,2-16H2,1H3/t17?,18?,19?,20-,21?/m1/s1. The van der Waals surface area contributed by atoms with Gasteiger partial charge in [0.1, 0.15) is 0 Å². The predicted octanol–water partition coefficient (Wildman–Crippen LogP) is 1.99. The molecule has 1 heterocycles. The van der Waals surface area contributed by atoms with Gasteiger partial charge in [-0.2, -0.15) is 0 Å². The molecule has 1 saturated heterocycles. The molecule has 26 heavy (non-hydrogen) atoms. The van der Waals surface area contributed by atoms with Crippen molar-refractivity contribution in [3.63, 3.8) is 0 Å². The predicted molar refractivity (Wildman–Crippen MR) is 102 cm³/mol. The van der Waals surface area contributed by atoms with Gasteiger partial charge in [0.15, 0.2) is 0 Å². The van der Waals surface area contributed by atoms with E-state index in [1.165, 1.54) is 38.5 Å². The average molecular weight is 367 g/mol. The van der Waals surface area contributed by atoms with E-state index in [9.17, 15) is 5.11 Å². The third kappa shape index (κ3) is 4.61. The van der Waals surface area contributed by atoms with Crippen LogP contribution in [0.2, 0.25) is 0 Å². The maximum Gasteiger partial charge on any atom is 0.0900 e. The van der Waals surface area contributed by atoms with E-state index in [2.05, 4.69) is 16.7 Å². The van der Waals surface area contributed by atoms with Crippen molar-refractivity contribution in [2.75, 3.05) is 59.1 Å². The van der Waals surface area contributed by atoms with Crippen LogP contribution in [0.25, 0.3) is 0 Å². The van der Waals surface area contributed by atoms with Gasteiger partial charge < -0.3 is 19.5 Å². The molecule has 0 amide bonds. The Hall–Kier alpha value is -0.200. The summed E-state index contributed by atoms with van der Waals surface area (Å²) in [6.07, 6.45) is 7.83. The summed E-state index contributed by atoms with van der Waals surface area (Å²) in [5.74, 6) is 2.78. The van der Waals surface area contributed by atoms with E-state index in [1.54, 1.807) is 0 Å². The number of hydrogen-bond donors (Lipinski definition) is 1. The molecule has 5 aliphatic rings. The lowest BCUT2D eigenvalue weighted by Crippen LogP contribution is -2.52. The molecular weight excluding hydrogens is 328 g/mol. The molecule has 0 aromatic heterocycles. The largest absolute Gasteiger partial charge is 0.389 e. The topological polar surface area (TPSA) is 45.2 Å². The SMILES string of the molecule is CCN1CCN(C[C@@H](O)COCCOC23CC4CC(CC(C4)C2)C3)CC1. The first kappa shape index (κ1) is 19.1. The number of rotatable bonds is 9. The number of nitrogens with zero attached hydrogens (tertiary/aromatic N) is 2. The second kappa shape index (κ2) is 8.44. The molecule has 0 radical (unpaired) electrons.